The Bertz CT molecular complexity index is 316. The van der Waals surface area contributed by atoms with Crippen LogP contribution < -0.4 is 4.90 Å². The van der Waals surface area contributed by atoms with E-state index in [1.54, 1.807) is 6.08 Å². The fourth-order valence-electron chi connectivity index (χ4n) is 1.66. The highest BCUT2D eigenvalue weighted by Gasteiger charge is 2.01. The maximum absolute atomic E-state index is 8.61. The molecule has 0 heterocycles. The number of nitrogens with zero attached hydrogens (tertiary/aromatic N) is 1. The second-order valence-corrected chi connectivity index (χ2v) is 3.43. The summed E-state index contributed by atoms with van der Waals surface area (Å²) in [7, 11) is 0. The van der Waals surface area contributed by atoms with Gasteiger partial charge in [0.25, 0.3) is 0 Å². The number of aliphatic hydroxyl groups is 1. The van der Waals surface area contributed by atoms with Crippen LogP contribution in [-0.4, -0.2) is 18.2 Å². The lowest BCUT2D eigenvalue weighted by molar-refractivity contribution is 0.471. The van der Waals surface area contributed by atoms with Crippen molar-refractivity contribution in [3.63, 3.8) is 0 Å². The van der Waals surface area contributed by atoms with E-state index >= 15 is 0 Å². The Kier molecular flexibility index (Phi) is 4.75. The maximum Gasteiger partial charge on any atom is 0.0755 e. The Morgan fingerprint density at radius 2 is 2.00 bits per heavy atom. The molecular formula is C13H19NO. The average molecular weight is 205 g/mol. The maximum atomic E-state index is 8.61. The van der Waals surface area contributed by atoms with Gasteiger partial charge in [0, 0.05) is 18.8 Å². The molecule has 0 fully saturated rings. The molecule has 0 aromatic heterocycles. The number of benzene rings is 1. The Hall–Kier alpha value is -1.44. The number of allylic oxidation sites excluding steroid dienone is 1. The molecule has 0 aliphatic heterocycles. The quantitative estimate of drug-likeness (QED) is 0.746. The van der Waals surface area contributed by atoms with Gasteiger partial charge in [-0.1, -0.05) is 12.1 Å². The molecule has 0 atom stereocenters. The molecule has 0 unspecified atom stereocenters. The van der Waals surface area contributed by atoms with Crippen LogP contribution >= 0.6 is 0 Å². The molecule has 0 bridgehead atoms. The highest BCUT2D eigenvalue weighted by molar-refractivity contribution is 5.48. The molecule has 0 radical (unpaired) electrons. The molecule has 1 aromatic rings. The molecule has 82 valence electrons. The van der Waals surface area contributed by atoms with Crippen molar-refractivity contribution < 1.29 is 5.11 Å². The fourth-order valence-corrected chi connectivity index (χ4v) is 1.66. The molecule has 1 N–H and O–H groups in total. The molecule has 0 aliphatic carbocycles. The number of rotatable bonds is 5. The van der Waals surface area contributed by atoms with E-state index in [0.717, 1.165) is 25.8 Å². The van der Waals surface area contributed by atoms with E-state index in [1.807, 2.05) is 0 Å². The number of hydrogen-bond acceptors (Lipinski definition) is 2. The van der Waals surface area contributed by atoms with Crippen molar-refractivity contribution in [3.8, 4) is 0 Å². The molecule has 0 saturated carbocycles. The Morgan fingerprint density at radius 3 is 2.60 bits per heavy atom. The third-order valence-corrected chi connectivity index (χ3v) is 2.50. The zero-order valence-corrected chi connectivity index (χ0v) is 9.48. The van der Waals surface area contributed by atoms with E-state index in [1.165, 1.54) is 11.3 Å². The first-order valence-electron chi connectivity index (χ1n) is 5.44. The smallest absolute Gasteiger partial charge is 0.0755 e. The highest BCUT2D eigenvalue weighted by Crippen LogP contribution is 2.16. The van der Waals surface area contributed by atoms with Crippen LogP contribution in [0.25, 0.3) is 0 Å². The van der Waals surface area contributed by atoms with Crippen LogP contribution in [0.1, 0.15) is 19.4 Å². The standard InChI is InChI=1S/C13H19NO/c1-3-14(4-2)13-9-5-7-12(11-13)8-6-10-15/h5-7,9-11,15H,3-4,8H2,1-2H3/b10-6+. The van der Waals surface area contributed by atoms with Gasteiger partial charge in [-0.05, 0) is 44.0 Å². The van der Waals surface area contributed by atoms with E-state index in [2.05, 4.69) is 43.0 Å². The van der Waals surface area contributed by atoms with Crippen molar-refractivity contribution in [2.75, 3.05) is 18.0 Å². The predicted molar refractivity (Wildman–Crippen MR) is 65.5 cm³/mol. The van der Waals surface area contributed by atoms with Gasteiger partial charge in [0.05, 0.1) is 6.26 Å². The van der Waals surface area contributed by atoms with E-state index in [4.69, 9.17) is 5.11 Å². The van der Waals surface area contributed by atoms with Crippen LogP contribution in [0.4, 0.5) is 5.69 Å². The summed E-state index contributed by atoms with van der Waals surface area (Å²) in [6, 6.07) is 8.44. The van der Waals surface area contributed by atoms with Gasteiger partial charge in [-0.2, -0.15) is 0 Å². The van der Waals surface area contributed by atoms with Crippen LogP contribution in [0.2, 0.25) is 0 Å². The Balaban J connectivity index is 2.81. The van der Waals surface area contributed by atoms with Crippen molar-refractivity contribution >= 4 is 5.69 Å². The average Bonchev–Trinajstić information content (AvgIpc) is 2.29. The second kappa shape index (κ2) is 6.12. The third-order valence-electron chi connectivity index (χ3n) is 2.50. The summed E-state index contributed by atoms with van der Waals surface area (Å²) in [6.07, 6.45) is 3.64. The Morgan fingerprint density at radius 1 is 1.27 bits per heavy atom. The van der Waals surface area contributed by atoms with Crippen molar-refractivity contribution in [2.24, 2.45) is 0 Å². The summed E-state index contributed by atoms with van der Waals surface area (Å²) in [5.41, 5.74) is 2.48. The minimum absolute atomic E-state index is 0.783. The first-order chi connectivity index (χ1) is 7.31. The van der Waals surface area contributed by atoms with Crippen LogP contribution in [0.3, 0.4) is 0 Å². The molecule has 0 aliphatic rings. The normalized spacial score (nSPS) is 10.8. The summed E-state index contributed by atoms with van der Waals surface area (Å²) >= 11 is 0. The second-order valence-electron chi connectivity index (χ2n) is 3.43. The zero-order valence-electron chi connectivity index (χ0n) is 9.48. The molecule has 1 rings (SSSR count). The zero-order chi connectivity index (χ0) is 11.1. The first kappa shape index (κ1) is 11.6. The van der Waals surface area contributed by atoms with Gasteiger partial charge >= 0.3 is 0 Å². The van der Waals surface area contributed by atoms with E-state index in [9.17, 15) is 0 Å². The largest absolute Gasteiger partial charge is 0.516 e. The van der Waals surface area contributed by atoms with E-state index in [0.29, 0.717) is 0 Å². The summed E-state index contributed by atoms with van der Waals surface area (Å²) in [5, 5.41) is 8.61. The van der Waals surface area contributed by atoms with E-state index in [-0.39, 0.29) is 0 Å². The van der Waals surface area contributed by atoms with Crippen LogP contribution in [0, 0.1) is 0 Å². The molecule has 2 heteroatoms. The van der Waals surface area contributed by atoms with Crippen LogP contribution in [0.15, 0.2) is 36.6 Å². The summed E-state index contributed by atoms with van der Waals surface area (Å²) in [5.74, 6) is 0. The van der Waals surface area contributed by atoms with Gasteiger partial charge in [0.1, 0.15) is 0 Å². The fraction of sp³-hybridized carbons (Fsp3) is 0.385. The first-order valence-corrected chi connectivity index (χ1v) is 5.44. The predicted octanol–water partition coefficient (Wildman–Crippen LogP) is 3.15. The van der Waals surface area contributed by atoms with Crippen molar-refractivity contribution in [2.45, 2.75) is 20.3 Å². The molecule has 0 amide bonds. The summed E-state index contributed by atoms with van der Waals surface area (Å²) in [4.78, 5) is 2.31. The van der Waals surface area contributed by atoms with Gasteiger partial charge in [-0.3, -0.25) is 0 Å². The van der Waals surface area contributed by atoms with Crippen molar-refractivity contribution in [1.29, 1.82) is 0 Å². The molecule has 2 nitrogen and oxygen atoms in total. The van der Waals surface area contributed by atoms with Crippen molar-refractivity contribution in [1.82, 2.24) is 0 Å². The van der Waals surface area contributed by atoms with Crippen LogP contribution in [0.5, 0.6) is 0 Å². The van der Waals surface area contributed by atoms with E-state index < -0.39 is 0 Å². The van der Waals surface area contributed by atoms with Gasteiger partial charge in [-0.15, -0.1) is 0 Å². The SMILES string of the molecule is CCN(CC)c1cccc(C/C=C/O)c1. The van der Waals surface area contributed by atoms with Gasteiger partial charge in [-0.25, -0.2) is 0 Å². The number of hydrogen-bond donors (Lipinski definition) is 1. The molecule has 0 spiro atoms. The molecular weight excluding hydrogens is 186 g/mol. The highest BCUT2D eigenvalue weighted by atomic mass is 16.2. The Labute approximate surface area is 91.9 Å². The topological polar surface area (TPSA) is 23.5 Å². The van der Waals surface area contributed by atoms with Crippen molar-refractivity contribution in [3.05, 3.63) is 42.2 Å². The van der Waals surface area contributed by atoms with Gasteiger partial charge in [0.15, 0.2) is 0 Å². The van der Waals surface area contributed by atoms with Gasteiger partial charge < -0.3 is 10.0 Å². The minimum Gasteiger partial charge on any atom is -0.516 e. The third kappa shape index (κ3) is 3.31. The molecule has 15 heavy (non-hydrogen) atoms. The summed E-state index contributed by atoms with van der Waals surface area (Å²) in [6.45, 7) is 6.36. The summed E-state index contributed by atoms with van der Waals surface area (Å²) < 4.78 is 0. The number of anilines is 1. The lowest BCUT2D eigenvalue weighted by Crippen LogP contribution is -2.21. The monoisotopic (exact) mass is 205 g/mol. The molecule has 0 saturated heterocycles. The number of aliphatic hydroxyl groups excluding tert-OH is 1. The minimum atomic E-state index is 0.783. The van der Waals surface area contributed by atoms with Gasteiger partial charge in [0.2, 0.25) is 0 Å². The van der Waals surface area contributed by atoms with Crippen LogP contribution in [-0.2, 0) is 6.42 Å². The lowest BCUT2D eigenvalue weighted by Gasteiger charge is -2.21. The lowest BCUT2D eigenvalue weighted by atomic mass is 10.1. The molecule has 1 aromatic carbocycles.